The fourth-order valence-corrected chi connectivity index (χ4v) is 3.85. The molecule has 3 heterocycles. The maximum Gasteiger partial charge on any atom is 0.261 e. The summed E-state index contributed by atoms with van der Waals surface area (Å²) in [5, 5.41) is 8.71. The minimum atomic E-state index is 0.0172. The summed E-state index contributed by atoms with van der Waals surface area (Å²) in [6.07, 6.45) is 1.04. The summed E-state index contributed by atoms with van der Waals surface area (Å²) in [6, 6.07) is 1.97. The fourth-order valence-electron chi connectivity index (χ4n) is 2.76. The molecule has 6 heteroatoms. The first kappa shape index (κ1) is 15.5. The summed E-state index contributed by atoms with van der Waals surface area (Å²) in [5.74, 6) is 1.00. The van der Waals surface area contributed by atoms with Gasteiger partial charge in [-0.3, -0.25) is 9.48 Å². The predicted octanol–water partition coefficient (Wildman–Crippen LogP) is 2.83. The highest BCUT2D eigenvalue weighted by molar-refractivity contribution is 7.20. The van der Waals surface area contributed by atoms with Crippen LogP contribution in [-0.4, -0.2) is 35.4 Å². The zero-order chi connectivity index (χ0) is 15.7. The maximum atomic E-state index is 12.3. The molecular formula is C16H23N3O2S. The van der Waals surface area contributed by atoms with E-state index in [1.54, 1.807) is 0 Å². The van der Waals surface area contributed by atoms with E-state index in [0.717, 1.165) is 47.0 Å². The van der Waals surface area contributed by atoms with E-state index in [4.69, 9.17) is 4.74 Å². The van der Waals surface area contributed by atoms with Gasteiger partial charge in [-0.1, -0.05) is 13.8 Å². The third kappa shape index (κ3) is 3.17. The first-order valence-electron chi connectivity index (χ1n) is 7.87. The molecule has 0 aromatic carbocycles. The van der Waals surface area contributed by atoms with Gasteiger partial charge in [0.25, 0.3) is 5.91 Å². The lowest BCUT2D eigenvalue weighted by Gasteiger charge is -2.08. The summed E-state index contributed by atoms with van der Waals surface area (Å²) >= 11 is 1.53. The quantitative estimate of drug-likeness (QED) is 0.921. The Hall–Kier alpha value is -1.40. The van der Waals surface area contributed by atoms with Crippen molar-refractivity contribution in [2.24, 2.45) is 11.8 Å². The number of nitrogens with one attached hydrogen (secondary N) is 1. The van der Waals surface area contributed by atoms with Gasteiger partial charge in [-0.05, 0) is 25.3 Å². The van der Waals surface area contributed by atoms with E-state index in [2.05, 4.69) is 24.3 Å². The number of aromatic nitrogens is 2. The number of ether oxygens (including phenoxy) is 1. The predicted molar refractivity (Wildman–Crippen MR) is 88.4 cm³/mol. The third-order valence-electron chi connectivity index (χ3n) is 3.94. The van der Waals surface area contributed by atoms with Gasteiger partial charge in [-0.2, -0.15) is 5.10 Å². The van der Waals surface area contributed by atoms with Crippen molar-refractivity contribution < 1.29 is 9.53 Å². The topological polar surface area (TPSA) is 56.2 Å². The second-order valence-corrected chi connectivity index (χ2v) is 7.46. The van der Waals surface area contributed by atoms with Gasteiger partial charge in [0.2, 0.25) is 0 Å². The molecule has 5 nitrogen and oxygen atoms in total. The summed E-state index contributed by atoms with van der Waals surface area (Å²) in [6.45, 7) is 9.50. The molecule has 0 aliphatic carbocycles. The summed E-state index contributed by atoms with van der Waals surface area (Å²) in [7, 11) is 0. The zero-order valence-electron chi connectivity index (χ0n) is 13.4. The molecule has 1 saturated heterocycles. The number of carbonyl (C=O) groups excluding carboxylic acids is 1. The van der Waals surface area contributed by atoms with E-state index in [9.17, 15) is 4.79 Å². The van der Waals surface area contributed by atoms with Crippen molar-refractivity contribution in [3.8, 4) is 0 Å². The number of amides is 1. The van der Waals surface area contributed by atoms with E-state index < -0.39 is 0 Å². The lowest BCUT2D eigenvalue weighted by atomic mass is 10.1. The largest absolute Gasteiger partial charge is 0.381 e. The van der Waals surface area contributed by atoms with Crippen LogP contribution in [-0.2, 0) is 11.3 Å². The SMILES string of the molecule is Cc1nn(CC(C)C)c2sc(C(=O)NC[C@H]3CCOC3)cc12. The first-order valence-corrected chi connectivity index (χ1v) is 8.69. The summed E-state index contributed by atoms with van der Waals surface area (Å²) in [4.78, 5) is 14.2. The van der Waals surface area contributed by atoms with Crippen molar-refractivity contribution in [3.05, 3.63) is 16.6 Å². The second kappa shape index (κ2) is 6.38. The number of nitrogens with zero attached hydrogens (tertiary/aromatic N) is 2. The molecule has 2 aromatic heterocycles. The van der Waals surface area contributed by atoms with Crippen molar-refractivity contribution >= 4 is 27.5 Å². The Balaban J connectivity index is 1.74. The molecule has 1 fully saturated rings. The van der Waals surface area contributed by atoms with Crippen LogP contribution in [0.1, 0.15) is 35.6 Å². The molecule has 0 saturated carbocycles. The molecule has 0 radical (unpaired) electrons. The lowest BCUT2D eigenvalue weighted by Crippen LogP contribution is -2.28. The van der Waals surface area contributed by atoms with Crippen molar-refractivity contribution in [1.82, 2.24) is 15.1 Å². The van der Waals surface area contributed by atoms with Crippen LogP contribution < -0.4 is 5.32 Å². The highest BCUT2D eigenvalue weighted by Crippen LogP contribution is 2.29. The molecular weight excluding hydrogens is 298 g/mol. The maximum absolute atomic E-state index is 12.3. The van der Waals surface area contributed by atoms with Gasteiger partial charge >= 0.3 is 0 Å². The molecule has 1 aliphatic heterocycles. The van der Waals surface area contributed by atoms with Gasteiger partial charge in [0, 0.05) is 31.0 Å². The van der Waals surface area contributed by atoms with Crippen molar-refractivity contribution in [1.29, 1.82) is 0 Å². The van der Waals surface area contributed by atoms with E-state index in [-0.39, 0.29) is 5.91 Å². The Morgan fingerprint density at radius 2 is 2.41 bits per heavy atom. The molecule has 2 aromatic rings. The Bertz CT molecular complexity index is 668. The monoisotopic (exact) mass is 321 g/mol. The molecule has 22 heavy (non-hydrogen) atoms. The van der Waals surface area contributed by atoms with Gasteiger partial charge in [0.05, 0.1) is 17.2 Å². The molecule has 1 N–H and O–H groups in total. The molecule has 1 atom stereocenters. The van der Waals surface area contributed by atoms with Crippen LogP contribution in [0.2, 0.25) is 0 Å². The highest BCUT2D eigenvalue weighted by atomic mass is 32.1. The normalized spacial score (nSPS) is 18.5. The van der Waals surface area contributed by atoms with Crippen LogP contribution in [0.4, 0.5) is 0 Å². The molecule has 120 valence electrons. The zero-order valence-corrected chi connectivity index (χ0v) is 14.2. The van der Waals surface area contributed by atoms with Crippen LogP contribution in [0.15, 0.2) is 6.07 Å². The number of aryl methyl sites for hydroxylation is 1. The third-order valence-corrected chi connectivity index (χ3v) is 5.09. The molecule has 3 rings (SSSR count). The van der Waals surface area contributed by atoms with Crippen LogP contribution in [0.3, 0.4) is 0 Å². The second-order valence-electron chi connectivity index (χ2n) is 6.43. The van der Waals surface area contributed by atoms with Crippen LogP contribution in [0.5, 0.6) is 0 Å². The molecule has 0 bridgehead atoms. The minimum absolute atomic E-state index is 0.0172. The van der Waals surface area contributed by atoms with E-state index in [0.29, 0.717) is 18.4 Å². The number of rotatable bonds is 5. The van der Waals surface area contributed by atoms with Gasteiger partial charge in [-0.25, -0.2) is 0 Å². The number of thiophene rings is 1. The number of carbonyl (C=O) groups is 1. The Morgan fingerprint density at radius 3 is 3.09 bits per heavy atom. The Labute approximate surface area is 134 Å². The van der Waals surface area contributed by atoms with Crippen molar-refractivity contribution in [2.75, 3.05) is 19.8 Å². The molecule has 1 aliphatic rings. The lowest BCUT2D eigenvalue weighted by molar-refractivity contribution is 0.0949. The highest BCUT2D eigenvalue weighted by Gasteiger charge is 2.19. The van der Waals surface area contributed by atoms with Crippen LogP contribution >= 0.6 is 11.3 Å². The van der Waals surface area contributed by atoms with E-state index in [1.165, 1.54) is 11.3 Å². The van der Waals surface area contributed by atoms with Crippen LogP contribution in [0.25, 0.3) is 10.2 Å². The smallest absolute Gasteiger partial charge is 0.261 e. The standard InChI is InChI=1S/C16H23N3O2S/c1-10(2)8-19-16-13(11(3)18-19)6-14(22-16)15(20)17-7-12-4-5-21-9-12/h6,10,12H,4-5,7-9H2,1-3H3,(H,17,20)/t12-/m1/s1. The number of fused-ring (bicyclic) bond motifs is 1. The summed E-state index contributed by atoms with van der Waals surface area (Å²) in [5.41, 5.74) is 0.996. The van der Waals surface area contributed by atoms with Crippen LogP contribution in [0, 0.1) is 18.8 Å². The van der Waals surface area contributed by atoms with E-state index >= 15 is 0 Å². The van der Waals surface area contributed by atoms with Gasteiger partial charge in [0.15, 0.2) is 0 Å². The summed E-state index contributed by atoms with van der Waals surface area (Å²) < 4.78 is 7.37. The molecule has 0 spiro atoms. The average molecular weight is 321 g/mol. The van der Waals surface area contributed by atoms with Crippen molar-refractivity contribution in [2.45, 2.75) is 33.7 Å². The first-order chi connectivity index (χ1) is 10.5. The van der Waals surface area contributed by atoms with Gasteiger partial charge in [0.1, 0.15) is 4.83 Å². The fraction of sp³-hybridized carbons (Fsp3) is 0.625. The number of hydrogen-bond acceptors (Lipinski definition) is 4. The number of hydrogen-bond donors (Lipinski definition) is 1. The van der Waals surface area contributed by atoms with Gasteiger partial charge < -0.3 is 10.1 Å². The molecule has 1 amide bonds. The molecule has 0 unspecified atom stereocenters. The minimum Gasteiger partial charge on any atom is -0.381 e. The van der Waals surface area contributed by atoms with E-state index in [1.807, 2.05) is 17.7 Å². The average Bonchev–Trinajstić information content (AvgIpc) is 3.16. The Morgan fingerprint density at radius 1 is 1.59 bits per heavy atom. The van der Waals surface area contributed by atoms with Gasteiger partial charge in [-0.15, -0.1) is 11.3 Å². The van der Waals surface area contributed by atoms with Crippen molar-refractivity contribution in [3.63, 3.8) is 0 Å². The Kier molecular flexibility index (Phi) is 4.49.